The van der Waals surface area contributed by atoms with Gasteiger partial charge in [-0.25, -0.2) is 4.98 Å². The minimum Gasteiger partial charge on any atom is -0.441 e. The van der Waals surface area contributed by atoms with Crippen molar-refractivity contribution in [1.82, 2.24) is 15.2 Å². The minimum absolute atomic E-state index is 0. The molecule has 0 saturated carbocycles. The van der Waals surface area contributed by atoms with E-state index in [4.69, 9.17) is 9.40 Å². The van der Waals surface area contributed by atoms with Gasteiger partial charge in [-0.05, 0) is 44.4 Å². The summed E-state index contributed by atoms with van der Waals surface area (Å²) in [7, 11) is 0. The summed E-state index contributed by atoms with van der Waals surface area (Å²) in [6.07, 6.45) is 2.08. The lowest BCUT2D eigenvalue weighted by Gasteiger charge is -2.33. The normalized spacial score (nSPS) is 18.7. The van der Waals surface area contributed by atoms with E-state index in [-0.39, 0.29) is 12.4 Å². The van der Waals surface area contributed by atoms with E-state index in [2.05, 4.69) is 47.7 Å². The lowest BCUT2D eigenvalue weighted by atomic mass is 10.2. The highest BCUT2D eigenvalue weighted by molar-refractivity contribution is 7.98. The number of rotatable bonds is 4. The van der Waals surface area contributed by atoms with Crippen molar-refractivity contribution in [1.29, 1.82) is 0 Å². The molecule has 1 aliphatic heterocycles. The molecule has 1 fully saturated rings. The van der Waals surface area contributed by atoms with Crippen LogP contribution in [0.5, 0.6) is 0 Å². The highest BCUT2D eigenvalue weighted by Gasteiger charge is 2.21. The Labute approximate surface area is 148 Å². The predicted octanol–water partition coefficient (Wildman–Crippen LogP) is 3.59. The molecule has 4 nitrogen and oxygen atoms in total. The lowest BCUT2D eigenvalue weighted by molar-refractivity contribution is 0.163. The van der Waals surface area contributed by atoms with Gasteiger partial charge in [-0.2, -0.15) is 0 Å². The fraction of sp³-hybridized carbons (Fsp3) is 0.471. The minimum atomic E-state index is 0. The maximum atomic E-state index is 5.89. The predicted molar refractivity (Wildman–Crippen MR) is 98.4 cm³/mol. The van der Waals surface area contributed by atoms with Crippen LogP contribution in [0.4, 0.5) is 0 Å². The van der Waals surface area contributed by atoms with E-state index in [1.807, 2.05) is 6.92 Å². The van der Waals surface area contributed by atoms with Crippen LogP contribution in [0.2, 0.25) is 0 Å². The summed E-state index contributed by atoms with van der Waals surface area (Å²) in [4.78, 5) is 8.44. The number of hydrogen-bond acceptors (Lipinski definition) is 5. The topological polar surface area (TPSA) is 41.3 Å². The van der Waals surface area contributed by atoms with E-state index in [1.165, 1.54) is 4.90 Å². The Kier molecular flexibility index (Phi) is 6.53. The molecular formula is C17H24ClN3OS. The second-order valence-electron chi connectivity index (χ2n) is 5.77. The molecule has 126 valence electrons. The van der Waals surface area contributed by atoms with Gasteiger partial charge in [0.25, 0.3) is 0 Å². The SMILES string of the molecule is CSc1ccc(-c2nc(CN3CCNCC3C)c(C)o2)cc1.Cl. The zero-order chi connectivity index (χ0) is 15.5. The molecule has 0 radical (unpaired) electrons. The number of nitrogens with zero attached hydrogens (tertiary/aromatic N) is 2. The number of aromatic nitrogens is 1. The van der Waals surface area contributed by atoms with E-state index in [0.717, 1.165) is 49.1 Å². The summed E-state index contributed by atoms with van der Waals surface area (Å²) in [5, 5.41) is 3.42. The molecule has 0 bridgehead atoms. The monoisotopic (exact) mass is 353 g/mol. The number of aryl methyl sites for hydroxylation is 1. The van der Waals surface area contributed by atoms with Crippen LogP contribution >= 0.6 is 24.2 Å². The van der Waals surface area contributed by atoms with Crippen molar-refractivity contribution in [2.45, 2.75) is 31.3 Å². The lowest BCUT2D eigenvalue weighted by Crippen LogP contribution is -2.49. The molecule has 1 aromatic carbocycles. The highest BCUT2D eigenvalue weighted by Crippen LogP contribution is 2.25. The maximum absolute atomic E-state index is 5.89. The summed E-state index contributed by atoms with van der Waals surface area (Å²) in [6, 6.07) is 8.91. The number of piperazine rings is 1. The van der Waals surface area contributed by atoms with Gasteiger partial charge in [0.15, 0.2) is 0 Å². The van der Waals surface area contributed by atoms with Crippen molar-refractivity contribution in [3.05, 3.63) is 35.7 Å². The smallest absolute Gasteiger partial charge is 0.226 e. The Morgan fingerprint density at radius 2 is 2.09 bits per heavy atom. The summed E-state index contributed by atoms with van der Waals surface area (Å²) in [6.45, 7) is 8.27. The maximum Gasteiger partial charge on any atom is 0.226 e. The van der Waals surface area contributed by atoms with Crippen molar-refractivity contribution >= 4 is 24.2 Å². The molecular weight excluding hydrogens is 330 g/mol. The van der Waals surface area contributed by atoms with Crippen LogP contribution in [0.25, 0.3) is 11.5 Å². The van der Waals surface area contributed by atoms with Crippen LogP contribution in [0.15, 0.2) is 33.6 Å². The quantitative estimate of drug-likeness (QED) is 0.851. The fourth-order valence-electron chi connectivity index (χ4n) is 2.74. The van der Waals surface area contributed by atoms with E-state index in [9.17, 15) is 0 Å². The number of benzene rings is 1. The molecule has 6 heteroatoms. The Balaban J connectivity index is 0.00000192. The first-order valence-electron chi connectivity index (χ1n) is 7.73. The number of hydrogen-bond donors (Lipinski definition) is 1. The average Bonchev–Trinajstić information content (AvgIpc) is 2.91. The molecule has 1 aliphatic rings. The average molecular weight is 354 g/mol. The summed E-state index contributed by atoms with van der Waals surface area (Å²) >= 11 is 1.74. The Bertz CT molecular complexity index is 629. The van der Waals surface area contributed by atoms with Crippen LogP contribution in [0.1, 0.15) is 18.4 Å². The van der Waals surface area contributed by atoms with Gasteiger partial charge in [-0.15, -0.1) is 24.2 Å². The van der Waals surface area contributed by atoms with Gasteiger partial charge >= 0.3 is 0 Å². The van der Waals surface area contributed by atoms with Crippen molar-refractivity contribution < 1.29 is 4.42 Å². The van der Waals surface area contributed by atoms with Gasteiger partial charge in [0.05, 0.1) is 5.69 Å². The number of nitrogens with one attached hydrogen (secondary N) is 1. The van der Waals surface area contributed by atoms with Crippen LogP contribution < -0.4 is 5.32 Å². The first kappa shape index (κ1) is 18.3. The van der Waals surface area contributed by atoms with Gasteiger partial charge in [0.2, 0.25) is 5.89 Å². The van der Waals surface area contributed by atoms with Gasteiger partial charge in [-0.3, -0.25) is 4.90 Å². The van der Waals surface area contributed by atoms with Crippen molar-refractivity contribution in [2.75, 3.05) is 25.9 Å². The zero-order valence-electron chi connectivity index (χ0n) is 13.8. The van der Waals surface area contributed by atoms with Gasteiger partial charge < -0.3 is 9.73 Å². The summed E-state index contributed by atoms with van der Waals surface area (Å²) < 4.78 is 5.89. The molecule has 1 aromatic heterocycles. The van der Waals surface area contributed by atoms with Gasteiger partial charge in [0.1, 0.15) is 5.76 Å². The van der Waals surface area contributed by atoms with Crippen molar-refractivity contribution in [3.8, 4) is 11.5 Å². The summed E-state index contributed by atoms with van der Waals surface area (Å²) in [5.74, 6) is 1.65. The Morgan fingerprint density at radius 1 is 1.35 bits per heavy atom. The van der Waals surface area contributed by atoms with Crippen LogP contribution in [-0.2, 0) is 6.54 Å². The van der Waals surface area contributed by atoms with Gasteiger partial charge in [0, 0.05) is 42.7 Å². The highest BCUT2D eigenvalue weighted by atomic mass is 35.5. The van der Waals surface area contributed by atoms with E-state index in [0.29, 0.717) is 6.04 Å². The fourth-order valence-corrected chi connectivity index (χ4v) is 3.15. The number of halogens is 1. The first-order chi connectivity index (χ1) is 10.7. The molecule has 1 saturated heterocycles. The molecule has 0 spiro atoms. The van der Waals surface area contributed by atoms with E-state index < -0.39 is 0 Å². The molecule has 3 rings (SSSR count). The number of thioether (sulfide) groups is 1. The Morgan fingerprint density at radius 3 is 2.74 bits per heavy atom. The molecule has 23 heavy (non-hydrogen) atoms. The third kappa shape index (κ3) is 4.29. The zero-order valence-corrected chi connectivity index (χ0v) is 15.5. The van der Waals surface area contributed by atoms with Crippen molar-refractivity contribution in [3.63, 3.8) is 0 Å². The molecule has 2 aromatic rings. The van der Waals surface area contributed by atoms with Crippen LogP contribution in [0.3, 0.4) is 0 Å². The first-order valence-corrected chi connectivity index (χ1v) is 8.95. The molecule has 0 amide bonds. The second kappa shape index (κ2) is 8.20. The standard InChI is InChI=1S/C17H23N3OS.ClH/c1-12-10-18-8-9-20(12)11-16-13(2)21-17(19-16)14-4-6-15(22-3)7-5-14;/h4-7,12,18H,8-11H2,1-3H3;1H. The molecule has 1 atom stereocenters. The van der Waals surface area contributed by atoms with Crippen molar-refractivity contribution in [2.24, 2.45) is 0 Å². The summed E-state index contributed by atoms with van der Waals surface area (Å²) in [5.41, 5.74) is 2.10. The third-order valence-corrected chi connectivity index (χ3v) is 4.96. The van der Waals surface area contributed by atoms with E-state index in [1.54, 1.807) is 11.8 Å². The Hall–Kier alpha value is -1.01. The van der Waals surface area contributed by atoms with E-state index >= 15 is 0 Å². The van der Waals surface area contributed by atoms with Crippen LogP contribution in [0, 0.1) is 6.92 Å². The second-order valence-corrected chi connectivity index (χ2v) is 6.65. The molecule has 0 aliphatic carbocycles. The molecule has 1 unspecified atom stereocenters. The molecule has 2 heterocycles. The van der Waals surface area contributed by atoms with Crippen LogP contribution in [-0.4, -0.2) is 41.8 Å². The third-order valence-electron chi connectivity index (χ3n) is 4.22. The molecule has 1 N–H and O–H groups in total. The van der Waals surface area contributed by atoms with Gasteiger partial charge in [-0.1, -0.05) is 0 Å². The number of oxazole rings is 1. The largest absolute Gasteiger partial charge is 0.441 e.